The van der Waals surface area contributed by atoms with Crippen molar-refractivity contribution in [1.29, 1.82) is 0 Å². The van der Waals surface area contributed by atoms with Gasteiger partial charge < -0.3 is 10.4 Å². The van der Waals surface area contributed by atoms with E-state index in [4.69, 9.17) is 11.6 Å². The monoisotopic (exact) mass is 321 g/mol. The molecule has 1 aliphatic rings. The second-order valence-corrected chi connectivity index (χ2v) is 6.07. The first-order chi connectivity index (χ1) is 10.6. The van der Waals surface area contributed by atoms with Gasteiger partial charge in [-0.25, -0.2) is 4.68 Å². The summed E-state index contributed by atoms with van der Waals surface area (Å²) in [6.45, 7) is 3.23. The Hall–Kier alpha value is -1.47. The van der Waals surface area contributed by atoms with Crippen LogP contribution in [0, 0.1) is 0 Å². The van der Waals surface area contributed by atoms with Crippen LogP contribution in [0.15, 0.2) is 30.5 Å². The molecule has 2 N–H and O–H groups in total. The Balaban J connectivity index is 1.67. The van der Waals surface area contributed by atoms with Gasteiger partial charge >= 0.3 is 0 Å². The van der Waals surface area contributed by atoms with E-state index >= 15 is 0 Å². The topological polar surface area (TPSA) is 66.2 Å². The number of aliphatic hydroxyl groups excluding tert-OH is 1. The Morgan fingerprint density at radius 3 is 2.91 bits per heavy atom. The van der Waals surface area contributed by atoms with Crippen molar-refractivity contribution in [3.05, 3.63) is 46.7 Å². The predicted octanol–water partition coefficient (Wildman–Crippen LogP) is 1.24. The SMILES string of the molecule is CN1CCNCC1c1cn(C[C@H](O)c2ccc(Cl)cc2)nn1. The zero-order chi connectivity index (χ0) is 15.5. The second-order valence-electron chi connectivity index (χ2n) is 5.63. The number of aliphatic hydroxyl groups is 1. The summed E-state index contributed by atoms with van der Waals surface area (Å²) in [6, 6.07) is 7.42. The summed E-state index contributed by atoms with van der Waals surface area (Å²) in [5, 5.41) is 22.7. The second kappa shape index (κ2) is 6.75. The molecule has 1 fully saturated rings. The zero-order valence-electron chi connectivity index (χ0n) is 12.5. The minimum absolute atomic E-state index is 0.232. The van der Waals surface area contributed by atoms with Gasteiger partial charge in [0.1, 0.15) is 5.69 Å². The highest BCUT2D eigenvalue weighted by atomic mass is 35.5. The van der Waals surface area contributed by atoms with Gasteiger partial charge in [-0.2, -0.15) is 0 Å². The first kappa shape index (κ1) is 15.4. The number of nitrogens with zero attached hydrogens (tertiary/aromatic N) is 4. The molecule has 2 heterocycles. The van der Waals surface area contributed by atoms with Crippen LogP contribution in [-0.4, -0.2) is 51.7 Å². The quantitative estimate of drug-likeness (QED) is 0.887. The van der Waals surface area contributed by atoms with Crippen LogP contribution in [0.1, 0.15) is 23.4 Å². The Morgan fingerprint density at radius 1 is 1.41 bits per heavy atom. The molecule has 0 radical (unpaired) electrons. The number of likely N-dealkylation sites (N-methyl/N-ethyl adjacent to an activating group) is 1. The van der Waals surface area contributed by atoms with Gasteiger partial charge in [0.05, 0.1) is 24.9 Å². The molecule has 6 nitrogen and oxygen atoms in total. The van der Waals surface area contributed by atoms with Crippen LogP contribution in [0.3, 0.4) is 0 Å². The molecule has 3 rings (SSSR count). The number of nitrogens with one attached hydrogen (secondary N) is 1. The molecular weight excluding hydrogens is 302 g/mol. The van der Waals surface area contributed by atoms with Gasteiger partial charge in [0.15, 0.2) is 0 Å². The fourth-order valence-corrected chi connectivity index (χ4v) is 2.79. The summed E-state index contributed by atoms with van der Waals surface area (Å²) >= 11 is 5.86. The molecule has 7 heteroatoms. The van der Waals surface area contributed by atoms with Crippen LogP contribution in [0.5, 0.6) is 0 Å². The van der Waals surface area contributed by atoms with Crippen molar-refractivity contribution in [3.8, 4) is 0 Å². The lowest BCUT2D eigenvalue weighted by atomic mass is 10.1. The molecule has 1 aromatic heterocycles. The molecule has 22 heavy (non-hydrogen) atoms. The molecule has 1 aliphatic heterocycles. The Bertz CT molecular complexity index is 615. The molecule has 1 saturated heterocycles. The highest BCUT2D eigenvalue weighted by Gasteiger charge is 2.23. The smallest absolute Gasteiger partial charge is 0.101 e. The Kier molecular flexibility index (Phi) is 4.73. The van der Waals surface area contributed by atoms with Crippen LogP contribution in [-0.2, 0) is 6.54 Å². The molecule has 1 aromatic carbocycles. The fraction of sp³-hybridized carbons (Fsp3) is 0.467. The van der Waals surface area contributed by atoms with Gasteiger partial charge in [0.2, 0.25) is 0 Å². The van der Waals surface area contributed by atoms with Gasteiger partial charge in [-0.05, 0) is 24.7 Å². The largest absolute Gasteiger partial charge is 0.386 e. The predicted molar refractivity (Wildman–Crippen MR) is 84.7 cm³/mol. The lowest BCUT2D eigenvalue weighted by Gasteiger charge is -2.31. The third-order valence-corrected chi connectivity index (χ3v) is 4.28. The van der Waals surface area contributed by atoms with E-state index in [-0.39, 0.29) is 6.04 Å². The first-order valence-electron chi connectivity index (χ1n) is 7.38. The van der Waals surface area contributed by atoms with Gasteiger partial charge in [0, 0.05) is 24.7 Å². The molecule has 0 saturated carbocycles. The Labute approximate surface area is 134 Å². The lowest BCUT2D eigenvalue weighted by molar-refractivity contribution is 0.150. The van der Waals surface area contributed by atoms with Crippen molar-refractivity contribution in [1.82, 2.24) is 25.2 Å². The van der Waals surface area contributed by atoms with Crippen molar-refractivity contribution < 1.29 is 5.11 Å². The van der Waals surface area contributed by atoms with Gasteiger partial charge in [-0.3, -0.25) is 4.90 Å². The highest BCUT2D eigenvalue weighted by Crippen LogP contribution is 2.20. The standard InChI is InChI=1S/C15H20ClN5O/c1-20-7-6-17-8-14(20)13-9-21(19-18-13)10-15(22)11-2-4-12(16)5-3-11/h2-5,9,14-15,17,22H,6-8,10H2,1H3/t14?,15-/m0/s1. The van der Waals surface area contributed by atoms with Crippen LogP contribution in [0.4, 0.5) is 0 Å². The molecule has 118 valence electrons. The minimum Gasteiger partial charge on any atom is -0.386 e. The molecular formula is C15H20ClN5O. The lowest BCUT2D eigenvalue weighted by Crippen LogP contribution is -2.43. The van der Waals surface area contributed by atoms with E-state index in [1.807, 2.05) is 18.3 Å². The average Bonchev–Trinajstić information content (AvgIpc) is 2.96. The molecule has 0 bridgehead atoms. The van der Waals surface area contributed by atoms with E-state index < -0.39 is 6.10 Å². The van der Waals surface area contributed by atoms with Crippen molar-refractivity contribution in [2.24, 2.45) is 0 Å². The van der Waals surface area contributed by atoms with Crippen molar-refractivity contribution in [2.45, 2.75) is 18.7 Å². The highest BCUT2D eigenvalue weighted by molar-refractivity contribution is 6.30. The number of aromatic nitrogens is 3. The summed E-state index contributed by atoms with van der Waals surface area (Å²) in [7, 11) is 2.09. The van der Waals surface area contributed by atoms with E-state index in [1.165, 1.54) is 0 Å². The van der Waals surface area contributed by atoms with E-state index in [1.54, 1.807) is 16.8 Å². The summed E-state index contributed by atoms with van der Waals surface area (Å²) < 4.78 is 1.69. The number of rotatable bonds is 4. The van der Waals surface area contributed by atoms with Crippen LogP contribution < -0.4 is 5.32 Å². The molecule has 0 amide bonds. The summed E-state index contributed by atoms with van der Waals surface area (Å²) in [4.78, 5) is 2.26. The minimum atomic E-state index is -0.631. The van der Waals surface area contributed by atoms with Crippen molar-refractivity contribution >= 4 is 11.6 Å². The van der Waals surface area contributed by atoms with Gasteiger partial charge in [-0.15, -0.1) is 5.10 Å². The van der Waals surface area contributed by atoms with Gasteiger partial charge in [0.25, 0.3) is 0 Å². The average molecular weight is 322 g/mol. The first-order valence-corrected chi connectivity index (χ1v) is 7.76. The van der Waals surface area contributed by atoms with Crippen LogP contribution in [0.25, 0.3) is 0 Å². The molecule has 2 aromatic rings. The maximum Gasteiger partial charge on any atom is 0.101 e. The number of halogens is 1. The normalized spacial score (nSPS) is 21.0. The van der Waals surface area contributed by atoms with Crippen molar-refractivity contribution in [2.75, 3.05) is 26.7 Å². The van der Waals surface area contributed by atoms with E-state index in [0.717, 1.165) is 30.9 Å². The summed E-state index contributed by atoms with van der Waals surface area (Å²) in [5.74, 6) is 0. The van der Waals surface area contributed by atoms with E-state index in [9.17, 15) is 5.11 Å². The number of hydrogen-bond donors (Lipinski definition) is 2. The number of piperazine rings is 1. The summed E-state index contributed by atoms with van der Waals surface area (Å²) in [6.07, 6.45) is 1.28. The third-order valence-electron chi connectivity index (χ3n) is 4.02. The Morgan fingerprint density at radius 2 is 2.18 bits per heavy atom. The molecule has 1 unspecified atom stereocenters. The fourth-order valence-electron chi connectivity index (χ4n) is 2.66. The van der Waals surface area contributed by atoms with Crippen LogP contribution >= 0.6 is 11.6 Å². The number of benzene rings is 1. The van der Waals surface area contributed by atoms with Crippen molar-refractivity contribution in [3.63, 3.8) is 0 Å². The van der Waals surface area contributed by atoms with Gasteiger partial charge in [-0.1, -0.05) is 28.9 Å². The number of hydrogen-bond acceptors (Lipinski definition) is 5. The molecule has 0 aliphatic carbocycles. The zero-order valence-corrected chi connectivity index (χ0v) is 13.2. The van der Waals surface area contributed by atoms with E-state index in [0.29, 0.717) is 11.6 Å². The molecule has 2 atom stereocenters. The molecule has 0 spiro atoms. The van der Waals surface area contributed by atoms with Crippen LogP contribution in [0.2, 0.25) is 5.02 Å². The van der Waals surface area contributed by atoms with E-state index in [2.05, 4.69) is 27.6 Å². The maximum atomic E-state index is 10.3. The maximum absolute atomic E-state index is 10.3. The third kappa shape index (κ3) is 3.47. The summed E-state index contributed by atoms with van der Waals surface area (Å²) in [5.41, 5.74) is 1.75.